The maximum absolute atomic E-state index is 13.8. The molecule has 6 amide bonds. The van der Waals surface area contributed by atoms with Crippen LogP contribution < -0.4 is 20.7 Å². The van der Waals surface area contributed by atoms with E-state index in [1.54, 1.807) is 19.1 Å². The first-order valence-electron chi connectivity index (χ1n) is 18.2. The smallest absolute Gasteiger partial charge is 0.266 e. The van der Waals surface area contributed by atoms with E-state index in [9.17, 15) is 38.0 Å². The Kier molecular flexibility index (Phi) is 11.5. The van der Waals surface area contributed by atoms with Crippen molar-refractivity contribution in [3.8, 4) is 5.75 Å². The molecule has 54 heavy (non-hydrogen) atoms. The predicted octanol–water partition coefficient (Wildman–Crippen LogP) is 5.16. The first kappa shape index (κ1) is 37.8. The number of rotatable bonds is 16. The number of unbranched alkanes of at least 4 members (excludes halogenated alkanes) is 6. The van der Waals surface area contributed by atoms with Crippen LogP contribution in [0.1, 0.15) is 118 Å². The maximum Gasteiger partial charge on any atom is 0.266 e. The Bertz CT molecular complexity index is 2090. The van der Waals surface area contributed by atoms with Crippen molar-refractivity contribution in [3.63, 3.8) is 0 Å². The van der Waals surface area contributed by atoms with Gasteiger partial charge in [-0.1, -0.05) is 38.2 Å². The number of Topliss-reactive ketones (excluding diaryl/α,β-unsaturated/α-hetero) is 1. The van der Waals surface area contributed by atoms with Gasteiger partial charge in [0.2, 0.25) is 11.8 Å². The number of ether oxygens (including phenoxy) is 1. The zero-order valence-electron chi connectivity index (χ0n) is 30.2. The number of fused-ring (bicyclic) bond motifs is 2. The van der Waals surface area contributed by atoms with Gasteiger partial charge in [0.05, 0.1) is 22.3 Å². The first-order valence-corrected chi connectivity index (χ1v) is 18.2. The molecule has 0 spiro atoms. The van der Waals surface area contributed by atoms with Crippen LogP contribution in [0.15, 0.2) is 36.4 Å². The molecule has 0 bridgehead atoms. The number of benzene rings is 2. The molecule has 2 aromatic carbocycles. The van der Waals surface area contributed by atoms with Crippen molar-refractivity contribution in [2.45, 2.75) is 84.1 Å². The van der Waals surface area contributed by atoms with Gasteiger partial charge in [0, 0.05) is 42.0 Å². The van der Waals surface area contributed by atoms with E-state index in [4.69, 9.17) is 4.74 Å². The highest BCUT2D eigenvalue weighted by atomic mass is 19.1. The Morgan fingerprint density at radius 2 is 1.67 bits per heavy atom. The molecule has 3 aliphatic heterocycles. The molecule has 1 unspecified atom stereocenters. The van der Waals surface area contributed by atoms with E-state index in [2.05, 4.69) is 20.9 Å². The van der Waals surface area contributed by atoms with Crippen LogP contribution in [0.2, 0.25) is 0 Å². The summed E-state index contributed by atoms with van der Waals surface area (Å²) in [6.45, 7) is 3.87. The Hall–Kier alpha value is -5.92. The number of aromatic amines is 1. The Labute approximate surface area is 311 Å². The number of aryl methyl sites for hydroxylation is 1. The molecule has 4 heterocycles. The maximum atomic E-state index is 13.8. The molecular formula is C40H42FN5O8. The van der Waals surface area contributed by atoms with E-state index in [1.165, 1.54) is 30.3 Å². The van der Waals surface area contributed by atoms with E-state index < -0.39 is 35.5 Å². The number of halogens is 1. The third kappa shape index (κ3) is 8.02. The number of aromatic nitrogens is 1. The number of carbonyl (C=O) groups is 7. The van der Waals surface area contributed by atoms with Gasteiger partial charge in [0.1, 0.15) is 24.2 Å². The van der Waals surface area contributed by atoms with E-state index in [1.807, 2.05) is 6.92 Å². The molecule has 6 rings (SSSR count). The zero-order valence-corrected chi connectivity index (χ0v) is 30.2. The average molecular weight is 740 g/mol. The number of anilines is 1. The SMILES string of the molecule is Cc1[nH]c(/C=C2\C(=O)Nc3ccc(F)cc32)c(C)c1C(=O)NCCCCCCCCCC(=O)COc1cccc2c1C(=O)N(C1CCC(=O)NC1=O)C2=O. The molecule has 1 atom stereocenters. The van der Waals surface area contributed by atoms with E-state index in [-0.39, 0.29) is 53.9 Å². The molecule has 3 aromatic rings. The number of piperidine rings is 1. The minimum absolute atomic E-state index is 0.0129. The van der Waals surface area contributed by atoms with Crippen LogP contribution in [0.25, 0.3) is 11.6 Å². The number of nitrogens with one attached hydrogen (secondary N) is 4. The second kappa shape index (κ2) is 16.4. The van der Waals surface area contributed by atoms with Gasteiger partial charge in [-0.2, -0.15) is 0 Å². The van der Waals surface area contributed by atoms with Gasteiger partial charge in [-0.15, -0.1) is 0 Å². The lowest BCUT2D eigenvalue weighted by molar-refractivity contribution is -0.136. The van der Waals surface area contributed by atoms with E-state index in [0.717, 1.165) is 43.4 Å². The van der Waals surface area contributed by atoms with Crippen molar-refractivity contribution < 1.29 is 42.7 Å². The number of carbonyl (C=O) groups excluding carboxylic acids is 7. The molecule has 3 aliphatic rings. The summed E-state index contributed by atoms with van der Waals surface area (Å²) in [4.78, 5) is 92.2. The summed E-state index contributed by atoms with van der Waals surface area (Å²) < 4.78 is 19.5. The van der Waals surface area contributed by atoms with Crippen molar-refractivity contribution in [1.82, 2.24) is 20.5 Å². The van der Waals surface area contributed by atoms with Crippen LogP contribution in [0.5, 0.6) is 5.75 Å². The van der Waals surface area contributed by atoms with Crippen LogP contribution in [0.4, 0.5) is 10.1 Å². The fraction of sp³-hybridized carbons (Fsp3) is 0.375. The quantitative estimate of drug-likeness (QED) is 0.0882. The summed E-state index contributed by atoms with van der Waals surface area (Å²) in [6.07, 6.45) is 8.25. The third-order valence-electron chi connectivity index (χ3n) is 9.99. The molecule has 4 N–H and O–H groups in total. The second-order valence-electron chi connectivity index (χ2n) is 13.8. The Morgan fingerprint density at radius 3 is 2.43 bits per heavy atom. The minimum Gasteiger partial charge on any atom is -0.485 e. The van der Waals surface area contributed by atoms with Gasteiger partial charge < -0.3 is 20.4 Å². The lowest BCUT2D eigenvalue weighted by Crippen LogP contribution is -2.54. The highest BCUT2D eigenvalue weighted by Gasteiger charge is 2.46. The molecule has 0 radical (unpaired) electrons. The number of amides is 6. The normalized spacial score (nSPS) is 17.1. The highest BCUT2D eigenvalue weighted by molar-refractivity contribution is 6.35. The summed E-state index contributed by atoms with van der Waals surface area (Å²) in [5, 5.41) is 7.88. The lowest BCUT2D eigenvalue weighted by Gasteiger charge is -2.27. The van der Waals surface area contributed by atoms with Crippen molar-refractivity contribution >= 4 is 58.6 Å². The first-order chi connectivity index (χ1) is 25.9. The van der Waals surface area contributed by atoms with E-state index in [0.29, 0.717) is 58.7 Å². The Balaban J connectivity index is 0.862. The summed E-state index contributed by atoms with van der Waals surface area (Å²) in [5.74, 6) is -3.48. The molecule has 0 saturated carbocycles. The van der Waals surface area contributed by atoms with Gasteiger partial charge in [0.25, 0.3) is 23.6 Å². The molecule has 1 aromatic heterocycles. The number of H-pyrrole nitrogens is 1. The second-order valence-corrected chi connectivity index (χ2v) is 13.8. The molecule has 0 aliphatic carbocycles. The van der Waals surface area contributed by atoms with Crippen molar-refractivity contribution in [2.75, 3.05) is 18.5 Å². The number of nitrogens with zero attached hydrogens (tertiary/aromatic N) is 1. The molecule has 1 saturated heterocycles. The van der Waals surface area contributed by atoms with Crippen LogP contribution in [0.3, 0.4) is 0 Å². The van der Waals surface area contributed by atoms with Gasteiger partial charge in [-0.25, -0.2) is 4.39 Å². The molecule has 14 heteroatoms. The number of hydrogen-bond acceptors (Lipinski definition) is 8. The van der Waals surface area contributed by atoms with Gasteiger partial charge in [-0.05, 0) is 75.1 Å². The largest absolute Gasteiger partial charge is 0.485 e. The summed E-state index contributed by atoms with van der Waals surface area (Å²) in [5.41, 5.74) is 3.96. The highest BCUT2D eigenvalue weighted by Crippen LogP contribution is 2.35. The number of hydrogen-bond donors (Lipinski definition) is 4. The lowest BCUT2D eigenvalue weighted by atomic mass is 10.0. The Morgan fingerprint density at radius 1 is 0.926 bits per heavy atom. The van der Waals surface area contributed by atoms with E-state index >= 15 is 0 Å². The van der Waals surface area contributed by atoms with Crippen molar-refractivity contribution in [2.24, 2.45) is 0 Å². The topological polar surface area (TPSA) is 184 Å². The minimum atomic E-state index is -1.09. The standard InChI is InChI=1S/C40H42FN5O8/c1-22-30(20-28-27-19-24(41)14-15-29(27)44-36(28)49)43-23(2)34(22)38(51)42-18-9-7-5-3-4-6-8-11-25(47)21-54-32-13-10-12-26-35(32)40(53)46(39(26)52)31-16-17-33(48)45-37(31)50/h10,12-15,19-20,31,43H,3-9,11,16-18,21H2,1-2H3,(H,42,51)(H,44,49)(H,45,48,50)/b28-20-. The van der Waals surface area contributed by atoms with Crippen LogP contribution in [0, 0.1) is 19.7 Å². The van der Waals surface area contributed by atoms with Crippen LogP contribution in [-0.4, -0.2) is 70.3 Å². The number of ketones is 1. The van der Waals surface area contributed by atoms with Gasteiger partial charge >= 0.3 is 0 Å². The molecule has 13 nitrogen and oxygen atoms in total. The van der Waals surface area contributed by atoms with Crippen LogP contribution in [-0.2, 0) is 19.2 Å². The van der Waals surface area contributed by atoms with Crippen LogP contribution >= 0.6 is 0 Å². The third-order valence-corrected chi connectivity index (χ3v) is 9.99. The summed E-state index contributed by atoms with van der Waals surface area (Å²) in [7, 11) is 0. The van der Waals surface area contributed by atoms with Gasteiger partial charge in [0.15, 0.2) is 5.78 Å². The monoisotopic (exact) mass is 739 g/mol. The summed E-state index contributed by atoms with van der Waals surface area (Å²) in [6, 6.07) is 7.57. The van der Waals surface area contributed by atoms with Gasteiger partial charge in [-0.3, -0.25) is 43.8 Å². The molecule has 1 fully saturated rings. The average Bonchev–Trinajstić information content (AvgIpc) is 3.70. The predicted molar refractivity (Wildman–Crippen MR) is 196 cm³/mol. The fourth-order valence-corrected chi connectivity index (χ4v) is 7.16. The van der Waals surface area contributed by atoms with Crippen molar-refractivity contribution in [1.29, 1.82) is 0 Å². The zero-order chi connectivity index (χ0) is 38.5. The number of imide groups is 2. The molecular weight excluding hydrogens is 697 g/mol. The fourth-order valence-electron chi connectivity index (χ4n) is 7.16. The summed E-state index contributed by atoms with van der Waals surface area (Å²) >= 11 is 0. The molecule has 282 valence electrons. The van der Waals surface area contributed by atoms with Crippen molar-refractivity contribution in [3.05, 3.63) is 81.4 Å².